The number of ether oxygens (including phenoxy) is 6. The standard InChI is InChI=1S/C83H149NO18/c1-3-5-7-9-11-13-15-17-19-21-23-24-25-26-27-28-29-30-31-32-33-34-35-36-37-38-39-40-41-42-43-45-47-49-51-53-55-57-59-61-71(89)84-66(67(88)60-58-56-54-52-50-48-46-44-22-20-18-16-14-12-10-8-6-4-2)65-97-81-77(95)74(92)79(69(63-86)99-81)102-83-78(96)75(93)80(70(64-87)100-83)101-82-76(94)73(91)72(90)68(62-85)98-82/h15,17,21-23,25-26,44,50,52,58,60,66-70,72-83,85-88,90-96H,3-14,16,18-20,24,27-43,45-49,51,53-57,59,61-65H2,1-2H3,(H,84,89)/b17-15-,23-21-,26-25-,44-22+,52-50+,60-58+. The molecule has 102 heavy (non-hydrogen) atoms. The molecule has 0 aromatic carbocycles. The van der Waals surface area contributed by atoms with Gasteiger partial charge in [-0.25, -0.2) is 0 Å². The molecule has 17 unspecified atom stereocenters. The van der Waals surface area contributed by atoms with E-state index in [1.54, 1.807) is 6.08 Å². The molecule has 12 N–H and O–H groups in total. The highest BCUT2D eigenvalue weighted by Gasteiger charge is 2.54. The molecular formula is C83H149NO18. The average Bonchev–Trinajstić information content (AvgIpc) is 0.781. The van der Waals surface area contributed by atoms with Gasteiger partial charge in [0.2, 0.25) is 5.91 Å². The summed E-state index contributed by atoms with van der Waals surface area (Å²) in [5.41, 5.74) is 0. The van der Waals surface area contributed by atoms with E-state index in [-0.39, 0.29) is 18.9 Å². The van der Waals surface area contributed by atoms with Gasteiger partial charge in [-0.05, 0) is 83.5 Å². The fourth-order valence-electron chi connectivity index (χ4n) is 13.6. The minimum absolute atomic E-state index is 0.233. The zero-order valence-electron chi connectivity index (χ0n) is 63.6. The van der Waals surface area contributed by atoms with E-state index in [0.29, 0.717) is 12.8 Å². The largest absolute Gasteiger partial charge is 0.394 e. The third kappa shape index (κ3) is 42.7. The number of unbranched alkanes of at least 4 members (excludes halogenated alkanes) is 39. The van der Waals surface area contributed by atoms with Gasteiger partial charge in [-0.2, -0.15) is 0 Å². The Bertz CT molecular complexity index is 2120. The quantitative estimate of drug-likeness (QED) is 0.0199. The second-order valence-corrected chi connectivity index (χ2v) is 29.2. The summed E-state index contributed by atoms with van der Waals surface area (Å²) in [5.74, 6) is -0.286. The summed E-state index contributed by atoms with van der Waals surface area (Å²) in [6, 6.07) is -0.998. The van der Waals surface area contributed by atoms with E-state index >= 15 is 0 Å². The number of carbonyl (C=O) groups is 1. The summed E-state index contributed by atoms with van der Waals surface area (Å²) in [6.07, 6.45) is 56.3. The highest BCUT2D eigenvalue weighted by molar-refractivity contribution is 5.76. The minimum atomic E-state index is -1.98. The lowest BCUT2D eigenvalue weighted by molar-refractivity contribution is -0.379. The summed E-state index contributed by atoms with van der Waals surface area (Å²) in [4.78, 5) is 13.5. The van der Waals surface area contributed by atoms with Crippen LogP contribution in [0.1, 0.15) is 316 Å². The number of aliphatic hydroxyl groups is 11. The van der Waals surface area contributed by atoms with Gasteiger partial charge in [-0.15, -0.1) is 0 Å². The van der Waals surface area contributed by atoms with Crippen LogP contribution in [0.15, 0.2) is 72.9 Å². The van der Waals surface area contributed by atoms with E-state index in [0.717, 1.165) is 57.8 Å². The van der Waals surface area contributed by atoms with Gasteiger partial charge in [0.25, 0.3) is 0 Å². The second-order valence-electron chi connectivity index (χ2n) is 29.2. The molecule has 0 aliphatic carbocycles. The molecule has 3 rings (SSSR count). The Morgan fingerprint density at radius 1 is 0.353 bits per heavy atom. The maximum atomic E-state index is 13.5. The summed E-state index contributed by atoms with van der Waals surface area (Å²) in [7, 11) is 0. The molecule has 0 aromatic heterocycles. The number of aliphatic hydroxyl groups excluding tert-OH is 11. The zero-order valence-corrected chi connectivity index (χ0v) is 63.6. The molecule has 0 bridgehead atoms. The number of hydrogen-bond donors (Lipinski definition) is 12. The van der Waals surface area contributed by atoms with Crippen LogP contribution in [-0.4, -0.2) is 193 Å². The van der Waals surface area contributed by atoms with Crippen LogP contribution in [0.4, 0.5) is 0 Å². The fourth-order valence-corrected chi connectivity index (χ4v) is 13.6. The molecule has 3 heterocycles. The maximum absolute atomic E-state index is 13.5. The Morgan fingerprint density at radius 2 is 0.657 bits per heavy atom. The summed E-state index contributed by atoms with van der Waals surface area (Å²) in [6.45, 7) is 1.71. The summed E-state index contributed by atoms with van der Waals surface area (Å²) < 4.78 is 34.4. The van der Waals surface area contributed by atoms with Crippen LogP contribution >= 0.6 is 0 Å². The van der Waals surface area contributed by atoms with E-state index in [1.807, 2.05) is 6.08 Å². The van der Waals surface area contributed by atoms with Crippen LogP contribution in [0, 0.1) is 0 Å². The molecule has 3 aliphatic heterocycles. The Labute approximate surface area is 617 Å². The van der Waals surface area contributed by atoms with Gasteiger partial charge in [0.1, 0.15) is 73.2 Å². The van der Waals surface area contributed by atoms with E-state index in [2.05, 4.69) is 79.9 Å². The fraction of sp³-hybridized carbons (Fsp3) is 0.843. The van der Waals surface area contributed by atoms with Crippen LogP contribution < -0.4 is 5.32 Å². The predicted molar refractivity (Wildman–Crippen MR) is 406 cm³/mol. The average molecular weight is 1450 g/mol. The van der Waals surface area contributed by atoms with E-state index in [9.17, 15) is 61.0 Å². The van der Waals surface area contributed by atoms with Crippen molar-refractivity contribution < 1.29 is 89.4 Å². The Morgan fingerprint density at radius 3 is 1.05 bits per heavy atom. The summed E-state index contributed by atoms with van der Waals surface area (Å²) in [5, 5.41) is 121. The van der Waals surface area contributed by atoms with E-state index < -0.39 is 124 Å². The lowest BCUT2D eigenvalue weighted by Gasteiger charge is -2.48. The van der Waals surface area contributed by atoms with Gasteiger partial charge in [0.15, 0.2) is 18.9 Å². The van der Waals surface area contributed by atoms with Crippen LogP contribution in [-0.2, 0) is 33.2 Å². The molecule has 1 amide bonds. The van der Waals surface area contributed by atoms with Gasteiger partial charge < -0.3 is 89.9 Å². The SMILES string of the molecule is CCCCCCC/C=C\C/C=C\C/C=C\CCCCCCCCCCCCCCCCCCCCCCCCCCC(=O)NC(COC1OC(CO)C(OC2OC(CO)C(OC3OC(CO)C(O)C(O)C3O)C(O)C2O)C(O)C1O)C(O)/C=C/CC/C=C/CC/C=C/CCCCCCCCCC. The van der Waals surface area contributed by atoms with E-state index in [1.165, 1.54) is 225 Å². The lowest BCUT2D eigenvalue weighted by Crippen LogP contribution is -2.66. The third-order valence-corrected chi connectivity index (χ3v) is 20.2. The van der Waals surface area contributed by atoms with Crippen molar-refractivity contribution in [2.75, 3.05) is 26.4 Å². The van der Waals surface area contributed by atoms with Gasteiger partial charge in [-0.3, -0.25) is 4.79 Å². The molecule has 0 aromatic rings. The molecule has 19 heteroatoms. The van der Waals surface area contributed by atoms with Crippen molar-refractivity contribution in [2.45, 2.75) is 420 Å². The molecule has 3 saturated heterocycles. The minimum Gasteiger partial charge on any atom is -0.394 e. The lowest BCUT2D eigenvalue weighted by atomic mass is 9.96. The van der Waals surface area contributed by atoms with Gasteiger partial charge in [-0.1, -0.05) is 299 Å². The molecule has 3 aliphatic rings. The molecule has 19 nitrogen and oxygen atoms in total. The van der Waals surface area contributed by atoms with Crippen LogP contribution in [0.2, 0.25) is 0 Å². The normalized spacial score (nSPS) is 26.5. The van der Waals surface area contributed by atoms with Crippen molar-refractivity contribution in [1.82, 2.24) is 5.32 Å². The first-order valence-corrected chi connectivity index (χ1v) is 41.2. The van der Waals surface area contributed by atoms with Crippen molar-refractivity contribution in [2.24, 2.45) is 0 Å². The molecule has 0 spiro atoms. The van der Waals surface area contributed by atoms with E-state index in [4.69, 9.17) is 28.4 Å². The topological polar surface area (TPSA) is 307 Å². The zero-order chi connectivity index (χ0) is 73.9. The van der Waals surface area contributed by atoms with Gasteiger partial charge >= 0.3 is 0 Å². The van der Waals surface area contributed by atoms with Crippen molar-refractivity contribution >= 4 is 5.91 Å². The Kier molecular flexibility index (Phi) is 57.9. The number of hydrogen-bond acceptors (Lipinski definition) is 18. The Balaban J connectivity index is 1.31. The van der Waals surface area contributed by atoms with Crippen LogP contribution in [0.3, 0.4) is 0 Å². The van der Waals surface area contributed by atoms with Gasteiger partial charge in [0, 0.05) is 6.42 Å². The first-order valence-electron chi connectivity index (χ1n) is 41.2. The van der Waals surface area contributed by atoms with Crippen molar-refractivity contribution in [3.8, 4) is 0 Å². The number of carbonyl (C=O) groups excluding carboxylic acids is 1. The van der Waals surface area contributed by atoms with Crippen molar-refractivity contribution in [3.63, 3.8) is 0 Å². The van der Waals surface area contributed by atoms with Crippen molar-refractivity contribution in [3.05, 3.63) is 72.9 Å². The molecular weight excluding hydrogens is 1300 g/mol. The molecule has 17 atom stereocenters. The second kappa shape index (κ2) is 63.2. The van der Waals surface area contributed by atoms with Crippen LogP contribution in [0.25, 0.3) is 0 Å². The first-order chi connectivity index (χ1) is 49.8. The summed E-state index contributed by atoms with van der Waals surface area (Å²) >= 11 is 0. The smallest absolute Gasteiger partial charge is 0.220 e. The molecule has 0 radical (unpaired) electrons. The molecule has 594 valence electrons. The number of nitrogens with one attached hydrogen (secondary N) is 1. The highest BCUT2D eigenvalue weighted by Crippen LogP contribution is 2.33. The maximum Gasteiger partial charge on any atom is 0.220 e. The monoisotopic (exact) mass is 1450 g/mol. The number of allylic oxidation sites excluding steroid dienone is 11. The third-order valence-electron chi connectivity index (χ3n) is 20.2. The molecule has 0 saturated carbocycles. The molecule has 3 fully saturated rings. The number of rotatable bonds is 65. The van der Waals surface area contributed by atoms with Crippen LogP contribution in [0.5, 0.6) is 0 Å². The highest BCUT2D eigenvalue weighted by atomic mass is 16.8. The van der Waals surface area contributed by atoms with Gasteiger partial charge in [0.05, 0.1) is 38.6 Å². The first kappa shape index (κ1) is 93.4. The Hall–Kier alpha value is -2.77. The predicted octanol–water partition coefficient (Wildman–Crippen LogP) is 14.0. The van der Waals surface area contributed by atoms with Crippen molar-refractivity contribution in [1.29, 1.82) is 0 Å². The number of amides is 1.